The molecule has 0 spiro atoms. The smallest absolute Gasteiger partial charge is 0.407 e. The standard InChI is InChI=1S/C14H26N2O4S/c1-14(2,3)20-13(17)15-11-7-4-5-8-12(11)16-9-6-10-21(16,18)19/h11-12H,4-10H2,1-3H3,(H,15,17)/t11-,12-/m1/s1. The van der Waals surface area contributed by atoms with E-state index in [1.54, 1.807) is 4.31 Å². The normalized spacial score (nSPS) is 30.0. The second kappa shape index (κ2) is 6.12. The zero-order chi connectivity index (χ0) is 15.7. The van der Waals surface area contributed by atoms with Crippen molar-refractivity contribution in [3.05, 3.63) is 0 Å². The first-order valence-corrected chi connectivity index (χ1v) is 9.29. The van der Waals surface area contributed by atoms with E-state index in [9.17, 15) is 13.2 Å². The van der Waals surface area contributed by atoms with Crippen molar-refractivity contribution in [3.63, 3.8) is 0 Å². The number of ether oxygens (including phenoxy) is 1. The lowest BCUT2D eigenvalue weighted by molar-refractivity contribution is 0.0462. The molecule has 7 heteroatoms. The molecule has 1 saturated heterocycles. The predicted octanol–water partition coefficient (Wildman–Crippen LogP) is 1.86. The van der Waals surface area contributed by atoms with Crippen LogP contribution >= 0.6 is 0 Å². The Kier molecular flexibility index (Phi) is 4.82. The third kappa shape index (κ3) is 4.32. The number of carbonyl (C=O) groups excluding carboxylic acids is 1. The van der Waals surface area contributed by atoms with E-state index in [0.717, 1.165) is 25.7 Å². The monoisotopic (exact) mass is 318 g/mol. The fourth-order valence-electron chi connectivity index (χ4n) is 3.11. The second-order valence-corrected chi connectivity index (χ2v) is 8.93. The fourth-order valence-corrected chi connectivity index (χ4v) is 4.92. The van der Waals surface area contributed by atoms with Crippen LogP contribution in [0.15, 0.2) is 0 Å². The highest BCUT2D eigenvalue weighted by Gasteiger charge is 2.40. The summed E-state index contributed by atoms with van der Waals surface area (Å²) in [5.74, 6) is 0.225. The van der Waals surface area contributed by atoms with Gasteiger partial charge in [0.1, 0.15) is 5.60 Å². The average Bonchev–Trinajstić information content (AvgIpc) is 2.67. The maximum atomic E-state index is 12.1. The highest BCUT2D eigenvalue weighted by atomic mass is 32.2. The molecule has 1 N–H and O–H groups in total. The lowest BCUT2D eigenvalue weighted by Gasteiger charge is -2.37. The van der Waals surface area contributed by atoms with Gasteiger partial charge in [-0.1, -0.05) is 12.8 Å². The topological polar surface area (TPSA) is 75.7 Å². The van der Waals surface area contributed by atoms with Gasteiger partial charge in [0.05, 0.1) is 5.75 Å². The van der Waals surface area contributed by atoms with Gasteiger partial charge in [0.2, 0.25) is 10.0 Å². The van der Waals surface area contributed by atoms with Crippen LogP contribution in [-0.2, 0) is 14.8 Å². The van der Waals surface area contributed by atoms with E-state index in [0.29, 0.717) is 13.0 Å². The molecule has 0 aromatic carbocycles. The summed E-state index contributed by atoms with van der Waals surface area (Å²) in [6, 6.07) is -0.278. The van der Waals surface area contributed by atoms with E-state index in [4.69, 9.17) is 4.74 Å². The van der Waals surface area contributed by atoms with Crippen LogP contribution in [0.1, 0.15) is 52.9 Å². The van der Waals surface area contributed by atoms with Crippen LogP contribution in [-0.4, -0.2) is 48.8 Å². The summed E-state index contributed by atoms with van der Waals surface area (Å²) in [7, 11) is -3.15. The number of hydrogen-bond acceptors (Lipinski definition) is 4. The van der Waals surface area contributed by atoms with E-state index in [2.05, 4.69) is 5.32 Å². The Morgan fingerprint density at radius 2 is 1.86 bits per heavy atom. The largest absolute Gasteiger partial charge is 0.444 e. The van der Waals surface area contributed by atoms with E-state index in [1.807, 2.05) is 20.8 Å². The van der Waals surface area contributed by atoms with Gasteiger partial charge in [-0.15, -0.1) is 0 Å². The molecule has 122 valence electrons. The van der Waals surface area contributed by atoms with Crippen LogP contribution in [0.4, 0.5) is 4.79 Å². The lowest BCUT2D eigenvalue weighted by Crippen LogP contribution is -2.54. The number of sulfonamides is 1. The predicted molar refractivity (Wildman–Crippen MR) is 80.5 cm³/mol. The number of carbonyl (C=O) groups is 1. The molecule has 0 aromatic rings. The summed E-state index contributed by atoms with van der Waals surface area (Å²) in [6.07, 6.45) is 3.83. The van der Waals surface area contributed by atoms with E-state index in [-0.39, 0.29) is 17.8 Å². The SMILES string of the molecule is CC(C)(C)OC(=O)N[C@@H]1CCCC[C@H]1N1CCCS1(=O)=O. The molecule has 2 fully saturated rings. The molecule has 0 bridgehead atoms. The van der Waals surface area contributed by atoms with Crippen LogP contribution in [0, 0.1) is 0 Å². The van der Waals surface area contributed by atoms with Crippen molar-refractivity contribution in [3.8, 4) is 0 Å². The van der Waals surface area contributed by atoms with Gasteiger partial charge in [0.15, 0.2) is 0 Å². The van der Waals surface area contributed by atoms with Crippen molar-refractivity contribution >= 4 is 16.1 Å². The summed E-state index contributed by atoms with van der Waals surface area (Å²) >= 11 is 0. The summed E-state index contributed by atoms with van der Waals surface area (Å²) in [4.78, 5) is 11.9. The van der Waals surface area contributed by atoms with Crippen LogP contribution in [0.2, 0.25) is 0 Å². The van der Waals surface area contributed by atoms with Crippen LogP contribution in [0.5, 0.6) is 0 Å². The maximum Gasteiger partial charge on any atom is 0.407 e. The van der Waals surface area contributed by atoms with Crippen molar-refractivity contribution in [1.82, 2.24) is 9.62 Å². The molecule has 2 rings (SSSR count). The summed E-state index contributed by atoms with van der Waals surface area (Å²) in [5, 5.41) is 2.87. The molecule has 6 nitrogen and oxygen atoms in total. The van der Waals surface area contributed by atoms with Gasteiger partial charge in [-0.25, -0.2) is 13.2 Å². The third-order valence-electron chi connectivity index (χ3n) is 3.94. The Labute approximate surface area is 127 Å². The summed E-state index contributed by atoms with van der Waals surface area (Å²) in [6.45, 7) is 6.01. The molecule has 0 aromatic heterocycles. The number of nitrogens with one attached hydrogen (secondary N) is 1. The van der Waals surface area contributed by atoms with E-state index < -0.39 is 21.7 Å². The zero-order valence-electron chi connectivity index (χ0n) is 13.1. The van der Waals surface area contributed by atoms with E-state index >= 15 is 0 Å². The van der Waals surface area contributed by atoms with Gasteiger partial charge in [-0.2, -0.15) is 4.31 Å². The number of rotatable bonds is 2. The highest BCUT2D eigenvalue weighted by Crippen LogP contribution is 2.28. The highest BCUT2D eigenvalue weighted by molar-refractivity contribution is 7.89. The van der Waals surface area contributed by atoms with Gasteiger partial charge >= 0.3 is 6.09 Å². The average molecular weight is 318 g/mol. The van der Waals surface area contributed by atoms with Crippen molar-refractivity contribution in [1.29, 1.82) is 0 Å². The van der Waals surface area contributed by atoms with Gasteiger partial charge < -0.3 is 10.1 Å². The van der Waals surface area contributed by atoms with Gasteiger partial charge in [0, 0.05) is 18.6 Å². The van der Waals surface area contributed by atoms with Crippen LogP contribution in [0.25, 0.3) is 0 Å². The molecular weight excluding hydrogens is 292 g/mol. The molecular formula is C14H26N2O4S. The Balaban J connectivity index is 2.04. The molecule has 0 radical (unpaired) electrons. The van der Waals surface area contributed by atoms with Crippen LogP contribution < -0.4 is 5.32 Å². The van der Waals surface area contributed by atoms with Crippen LogP contribution in [0.3, 0.4) is 0 Å². The zero-order valence-corrected chi connectivity index (χ0v) is 13.9. The quantitative estimate of drug-likeness (QED) is 0.843. The Morgan fingerprint density at radius 3 is 2.43 bits per heavy atom. The summed E-state index contributed by atoms with van der Waals surface area (Å²) in [5.41, 5.74) is -0.548. The Morgan fingerprint density at radius 1 is 1.19 bits per heavy atom. The molecule has 1 amide bonds. The molecule has 1 saturated carbocycles. The van der Waals surface area contributed by atoms with Crippen molar-refractivity contribution < 1.29 is 17.9 Å². The lowest BCUT2D eigenvalue weighted by atomic mass is 9.90. The number of hydrogen-bond donors (Lipinski definition) is 1. The number of amides is 1. The van der Waals surface area contributed by atoms with E-state index in [1.165, 1.54) is 0 Å². The second-order valence-electron chi connectivity index (χ2n) is 6.88. The Bertz CT molecular complexity index is 484. The molecule has 2 aliphatic rings. The molecule has 2 atom stereocenters. The van der Waals surface area contributed by atoms with Gasteiger partial charge in [-0.05, 0) is 40.0 Å². The minimum absolute atomic E-state index is 0.126. The first-order valence-electron chi connectivity index (χ1n) is 7.68. The number of alkyl carbamates (subject to hydrolysis) is 1. The Hall–Kier alpha value is -0.820. The third-order valence-corrected chi connectivity index (χ3v) is 5.91. The van der Waals surface area contributed by atoms with Gasteiger partial charge in [0.25, 0.3) is 0 Å². The summed E-state index contributed by atoms with van der Waals surface area (Å²) < 4.78 is 31.1. The molecule has 1 aliphatic heterocycles. The molecule has 1 heterocycles. The molecule has 1 aliphatic carbocycles. The first kappa shape index (κ1) is 16.5. The molecule has 21 heavy (non-hydrogen) atoms. The van der Waals surface area contributed by atoms with Crippen molar-refractivity contribution in [2.45, 2.75) is 70.6 Å². The van der Waals surface area contributed by atoms with Crippen molar-refractivity contribution in [2.75, 3.05) is 12.3 Å². The fraction of sp³-hybridized carbons (Fsp3) is 0.929. The first-order chi connectivity index (χ1) is 9.69. The van der Waals surface area contributed by atoms with Gasteiger partial charge in [-0.3, -0.25) is 0 Å². The number of nitrogens with zero attached hydrogens (tertiary/aromatic N) is 1. The minimum Gasteiger partial charge on any atom is -0.444 e. The van der Waals surface area contributed by atoms with Crippen molar-refractivity contribution in [2.24, 2.45) is 0 Å². The molecule has 0 unspecified atom stereocenters. The minimum atomic E-state index is -3.15. The maximum absolute atomic E-state index is 12.1.